The first kappa shape index (κ1) is 19.9. The molecule has 4 rings (SSSR count). The van der Waals surface area contributed by atoms with E-state index in [4.69, 9.17) is 4.74 Å². The number of benzene rings is 2. The van der Waals surface area contributed by atoms with Crippen LogP contribution in [0.15, 0.2) is 53.4 Å². The standard InChI is InChI=1S/C21H25N3O4S/c25-21(16-23-12-13-28-20-9-2-1-6-17(20)15-23)22-18-7-5-8-19(14-18)29(26,27)24-10-3-4-11-24/h1-2,5-9,14H,3-4,10-13,15-16H2,(H,22,25). The van der Waals surface area contributed by atoms with Gasteiger partial charge in [-0.05, 0) is 37.1 Å². The molecule has 0 spiro atoms. The zero-order valence-electron chi connectivity index (χ0n) is 16.2. The van der Waals surface area contributed by atoms with Gasteiger partial charge in [-0.2, -0.15) is 4.31 Å². The first-order valence-corrected chi connectivity index (χ1v) is 11.3. The fourth-order valence-electron chi connectivity index (χ4n) is 3.73. The Labute approximate surface area is 171 Å². The molecule has 29 heavy (non-hydrogen) atoms. The minimum absolute atomic E-state index is 0.180. The molecule has 0 radical (unpaired) electrons. The fraction of sp³-hybridized carbons (Fsp3) is 0.381. The number of hydrogen-bond donors (Lipinski definition) is 1. The molecule has 2 aliphatic rings. The fourth-order valence-corrected chi connectivity index (χ4v) is 5.29. The van der Waals surface area contributed by atoms with Gasteiger partial charge in [-0.25, -0.2) is 8.42 Å². The van der Waals surface area contributed by atoms with Crippen molar-refractivity contribution in [1.29, 1.82) is 0 Å². The Balaban J connectivity index is 1.41. The third kappa shape index (κ3) is 4.60. The molecule has 0 atom stereocenters. The lowest BCUT2D eigenvalue weighted by molar-refractivity contribution is -0.117. The van der Waals surface area contributed by atoms with E-state index in [-0.39, 0.29) is 17.3 Å². The highest BCUT2D eigenvalue weighted by Gasteiger charge is 2.27. The molecule has 7 nitrogen and oxygen atoms in total. The molecule has 154 valence electrons. The number of ether oxygens (including phenoxy) is 1. The number of carbonyl (C=O) groups is 1. The predicted octanol–water partition coefficient (Wildman–Crippen LogP) is 2.30. The summed E-state index contributed by atoms with van der Waals surface area (Å²) in [5.74, 6) is 0.676. The molecule has 1 amide bonds. The number of anilines is 1. The van der Waals surface area contributed by atoms with Crippen LogP contribution in [0.1, 0.15) is 18.4 Å². The van der Waals surface area contributed by atoms with E-state index in [1.165, 1.54) is 10.4 Å². The molecule has 2 aromatic carbocycles. The predicted molar refractivity (Wildman–Crippen MR) is 110 cm³/mol. The van der Waals surface area contributed by atoms with Crippen molar-refractivity contribution in [2.24, 2.45) is 0 Å². The van der Waals surface area contributed by atoms with E-state index >= 15 is 0 Å². The minimum Gasteiger partial charge on any atom is -0.492 e. The van der Waals surface area contributed by atoms with Crippen LogP contribution in [0.5, 0.6) is 5.75 Å². The first-order valence-electron chi connectivity index (χ1n) is 9.85. The van der Waals surface area contributed by atoms with Crippen LogP contribution >= 0.6 is 0 Å². The lowest BCUT2D eigenvalue weighted by atomic mass is 10.2. The second-order valence-corrected chi connectivity index (χ2v) is 9.29. The van der Waals surface area contributed by atoms with Gasteiger partial charge in [0, 0.05) is 37.4 Å². The van der Waals surface area contributed by atoms with Crippen molar-refractivity contribution in [3.05, 3.63) is 54.1 Å². The van der Waals surface area contributed by atoms with Gasteiger partial charge in [0.2, 0.25) is 15.9 Å². The van der Waals surface area contributed by atoms with Crippen LogP contribution in [0, 0.1) is 0 Å². The van der Waals surface area contributed by atoms with E-state index in [1.54, 1.807) is 18.2 Å². The average molecular weight is 416 g/mol. The van der Waals surface area contributed by atoms with E-state index in [0.29, 0.717) is 38.5 Å². The number of amides is 1. The maximum absolute atomic E-state index is 12.7. The summed E-state index contributed by atoms with van der Waals surface area (Å²) < 4.78 is 32.7. The lowest BCUT2D eigenvalue weighted by Gasteiger charge is -2.19. The van der Waals surface area contributed by atoms with Gasteiger partial charge >= 0.3 is 0 Å². The number of hydrogen-bond acceptors (Lipinski definition) is 5. The molecular formula is C21H25N3O4S. The first-order chi connectivity index (χ1) is 14.0. The van der Waals surface area contributed by atoms with Crippen molar-refractivity contribution >= 4 is 21.6 Å². The summed E-state index contributed by atoms with van der Waals surface area (Å²) >= 11 is 0. The Morgan fingerprint density at radius 2 is 1.83 bits per heavy atom. The zero-order chi connectivity index (χ0) is 20.3. The Kier molecular flexibility index (Phi) is 5.84. The van der Waals surface area contributed by atoms with Crippen LogP contribution in [0.3, 0.4) is 0 Å². The summed E-state index contributed by atoms with van der Waals surface area (Å²) in [6, 6.07) is 14.3. The van der Waals surface area contributed by atoms with E-state index < -0.39 is 10.0 Å². The van der Waals surface area contributed by atoms with Gasteiger partial charge in [0.05, 0.1) is 11.4 Å². The van der Waals surface area contributed by atoms with Crippen LogP contribution in [0.2, 0.25) is 0 Å². The van der Waals surface area contributed by atoms with Gasteiger partial charge < -0.3 is 10.1 Å². The molecule has 2 aliphatic heterocycles. The monoisotopic (exact) mass is 415 g/mol. The van der Waals surface area contributed by atoms with Crippen LogP contribution in [0.25, 0.3) is 0 Å². The largest absolute Gasteiger partial charge is 0.492 e. The molecule has 8 heteroatoms. The zero-order valence-corrected chi connectivity index (χ0v) is 17.0. The van der Waals surface area contributed by atoms with Gasteiger partial charge in [0.25, 0.3) is 0 Å². The summed E-state index contributed by atoms with van der Waals surface area (Å²) in [4.78, 5) is 14.8. The molecule has 0 aliphatic carbocycles. The molecule has 0 aromatic heterocycles. The van der Waals surface area contributed by atoms with E-state index in [0.717, 1.165) is 24.2 Å². The summed E-state index contributed by atoms with van der Waals surface area (Å²) in [6.45, 7) is 3.11. The average Bonchev–Trinajstić information content (AvgIpc) is 3.18. The van der Waals surface area contributed by atoms with Gasteiger partial charge in [-0.1, -0.05) is 24.3 Å². The number of sulfonamides is 1. The van der Waals surface area contributed by atoms with E-state index in [1.807, 2.05) is 29.2 Å². The topological polar surface area (TPSA) is 79.0 Å². The van der Waals surface area contributed by atoms with Crippen LogP contribution in [-0.2, 0) is 21.4 Å². The van der Waals surface area contributed by atoms with Crippen molar-refractivity contribution in [2.45, 2.75) is 24.3 Å². The number of fused-ring (bicyclic) bond motifs is 1. The normalized spacial score (nSPS) is 17.9. The molecule has 2 aromatic rings. The molecule has 0 unspecified atom stereocenters. The highest BCUT2D eigenvalue weighted by molar-refractivity contribution is 7.89. The van der Waals surface area contributed by atoms with Crippen molar-refractivity contribution in [3.63, 3.8) is 0 Å². The molecular weight excluding hydrogens is 390 g/mol. The summed E-state index contributed by atoms with van der Waals surface area (Å²) in [7, 11) is -3.51. The summed E-state index contributed by atoms with van der Waals surface area (Å²) in [5.41, 5.74) is 1.54. The highest BCUT2D eigenvalue weighted by Crippen LogP contribution is 2.24. The van der Waals surface area contributed by atoms with Crippen molar-refractivity contribution < 1.29 is 17.9 Å². The number of rotatable bonds is 5. The Bertz CT molecular complexity index is 987. The van der Waals surface area contributed by atoms with E-state index in [2.05, 4.69) is 5.32 Å². The Hall–Kier alpha value is -2.42. The highest BCUT2D eigenvalue weighted by atomic mass is 32.2. The molecule has 0 bridgehead atoms. The van der Waals surface area contributed by atoms with Crippen molar-refractivity contribution in [1.82, 2.24) is 9.21 Å². The maximum atomic E-state index is 12.7. The smallest absolute Gasteiger partial charge is 0.243 e. The molecule has 1 N–H and O–H groups in total. The summed E-state index contributed by atoms with van der Waals surface area (Å²) in [5, 5.41) is 2.83. The molecule has 2 heterocycles. The third-order valence-electron chi connectivity index (χ3n) is 5.22. The lowest BCUT2D eigenvalue weighted by Crippen LogP contribution is -2.34. The van der Waals surface area contributed by atoms with Crippen LogP contribution in [0.4, 0.5) is 5.69 Å². The van der Waals surface area contributed by atoms with Gasteiger partial charge in [-0.15, -0.1) is 0 Å². The molecule has 0 saturated carbocycles. The second kappa shape index (κ2) is 8.52. The Morgan fingerprint density at radius 3 is 2.66 bits per heavy atom. The van der Waals surface area contributed by atoms with E-state index in [9.17, 15) is 13.2 Å². The summed E-state index contributed by atoms with van der Waals surface area (Å²) in [6.07, 6.45) is 1.77. The van der Waals surface area contributed by atoms with Crippen molar-refractivity contribution in [3.8, 4) is 5.75 Å². The van der Waals surface area contributed by atoms with Crippen LogP contribution in [-0.4, -0.2) is 56.3 Å². The number of nitrogens with zero attached hydrogens (tertiary/aromatic N) is 2. The molecule has 1 fully saturated rings. The third-order valence-corrected chi connectivity index (χ3v) is 7.11. The minimum atomic E-state index is -3.51. The van der Waals surface area contributed by atoms with Gasteiger partial charge in [-0.3, -0.25) is 9.69 Å². The van der Waals surface area contributed by atoms with Gasteiger partial charge in [0.1, 0.15) is 12.4 Å². The maximum Gasteiger partial charge on any atom is 0.243 e. The number of nitrogens with one attached hydrogen (secondary N) is 1. The Morgan fingerprint density at radius 1 is 1.03 bits per heavy atom. The number of carbonyl (C=O) groups excluding carboxylic acids is 1. The second-order valence-electron chi connectivity index (χ2n) is 7.35. The van der Waals surface area contributed by atoms with Gasteiger partial charge in [0.15, 0.2) is 0 Å². The number of para-hydroxylation sites is 1. The SMILES string of the molecule is O=C(CN1CCOc2ccccc2C1)Nc1cccc(S(=O)(=O)N2CCCC2)c1. The van der Waals surface area contributed by atoms with Crippen molar-refractivity contribution in [2.75, 3.05) is 38.1 Å². The van der Waals surface area contributed by atoms with Crippen LogP contribution < -0.4 is 10.1 Å². The molecule has 1 saturated heterocycles. The quantitative estimate of drug-likeness (QED) is 0.811.